The molecule has 0 heterocycles. The first-order chi connectivity index (χ1) is 39.5. The molecule has 0 radical (unpaired) electrons. The van der Waals surface area contributed by atoms with Gasteiger partial charge in [-0.25, -0.2) is 0 Å². The van der Waals surface area contributed by atoms with Gasteiger partial charge in [0.15, 0.2) is 6.10 Å². The Bertz CT molecular complexity index is 1650. The van der Waals surface area contributed by atoms with Crippen LogP contribution >= 0.6 is 0 Å². The maximum Gasteiger partial charge on any atom is 0.306 e. The number of unbranched alkanes of at least 4 members (excludes halogenated alkanes) is 29. The van der Waals surface area contributed by atoms with Gasteiger partial charge in [-0.1, -0.05) is 316 Å². The Morgan fingerprint density at radius 1 is 0.263 bits per heavy atom. The molecule has 0 saturated carbocycles. The third-order valence-corrected chi connectivity index (χ3v) is 14.2. The van der Waals surface area contributed by atoms with Crippen LogP contribution in [-0.4, -0.2) is 37.2 Å². The van der Waals surface area contributed by atoms with Crippen LogP contribution in [0.25, 0.3) is 0 Å². The van der Waals surface area contributed by atoms with Crippen LogP contribution in [0.5, 0.6) is 0 Å². The number of carbonyl (C=O) groups excluding carboxylic acids is 3. The summed E-state index contributed by atoms with van der Waals surface area (Å²) in [5, 5.41) is 0. The SMILES string of the molecule is CC/C=C\C/C=C\C/C=C\C/C=C\C/C=C\C/C=C\CCC(=O)OC(COC(=O)CCCCCCCCCCCC)COC(=O)CCCCCCCCCCCCCCCCCCCCCC/C=C\C/C=C\C/C=C\C/C=C\CC. The molecule has 0 amide bonds. The number of carbonyl (C=O) groups is 3. The monoisotopic (exact) mass is 1110 g/mol. The first kappa shape index (κ1) is 75.8. The van der Waals surface area contributed by atoms with Gasteiger partial charge in [-0.15, -0.1) is 0 Å². The van der Waals surface area contributed by atoms with Gasteiger partial charge in [-0.3, -0.25) is 14.4 Å². The summed E-state index contributed by atoms with van der Waals surface area (Å²) in [5.74, 6) is -0.983. The van der Waals surface area contributed by atoms with Crippen LogP contribution in [0, 0.1) is 0 Å². The Morgan fingerprint density at radius 2 is 0.512 bits per heavy atom. The highest BCUT2D eigenvalue weighted by molar-refractivity contribution is 5.71. The van der Waals surface area contributed by atoms with E-state index in [0.717, 1.165) is 103 Å². The van der Waals surface area contributed by atoms with E-state index in [1.54, 1.807) is 0 Å². The second-order valence-electron chi connectivity index (χ2n) is 22.0. The molecule has 456 valence electrons. The third-order valence-electron chi connectivity index (χ3n) is 14.2. The average molecular weight is 1110 g/mol. The van der Waals surface area contributed by atoms with Crippen molar-refractivity contribution in [2.45, 2.75) is 316 Å². The number of allylic oxidation sites excluding steroid dienone is 20. The van der Waals surface area contributed by atoms with Crippen LogP contribution in [0.2, 0.25) is 0 Å². The zero-order valence-electron chi connectivity index (χ0n) is 52.3. The number of ether oxygens (including phenoxy) is 3. The van der Waals surface area contributed by atoms with Crippen molar-refractivity contribution >= 4 is 17.9 Å². The molecule has 0 bridgehead atoms. The van der Waals surface area contributed by atoms with Crippen LogP contribution in [0.3, 0.4) is 0 Å². The Hall–Kier alpha value is -4.19. The molecule has 80 heavy (non-hydrogen) atoms. The lowest BCUT2D eigenvalue weighted by atomic mass is 10.0. The van der Waals surface area contributed by atoms with Crippen molar-refractivity contribution in [3.63, 3.8) is 0 Å². The quantitative estimate of drug-likeness (QED) is 0.0261. The van der Waals surface area contributed by atoms with Gasteiger partial charge in [0.05, 0.1) is 0 Å². The van der Waals surface area contributed by atoms with E-state index in [9.17, 15) is 14.4 Å². The molecule has 0 fully saturated rings. The summed E-state index contributed by atoms with van der Waals surface area (Å²) in [6.07, 6.45) is 93.9. The smallest absolute Gasteiger partial charge is 0.306 e. The molecular formula is C74H124O6. The van der Waals surface area contributed by atoms with E-state index in [2.05, 4.69) is 136 Å². The first-order valence-electron chi connectivity index (χ1n) is 33.5. The molecule has 1 atom stereocenters. The lowest BCUT2D eigenvalue weighted by Crippen LogP contribution is -2.30. The van der Waals surface area contributed by atoms with E-state index >= 15 is 0 Å². The summed E-state index contributed by atoms with van der Waals surface area (Å²) in [4.78, 5) is 38.2. The Morgan fingerprint density at radius 3 is 0.812 bits per heavy atom. The van der Waals surface area contributed by atoms with E-state index < -0.39 is 6.10 Å². The maximum atomic E-state index is 12.8. The van der Waals surface area contributed by atoms with Crippen molar-refractivity contribution < 1.29 is 28.6 Å². The number of rotatable bonds is 60. The van der Waals surface area contributed by atoms with Crippen LogP contribution < -0.4 is 0 Å². The van der Waals surface area contributed by atoms with E-state index in [4.69, 9.17) is 14.2 Å². The second-order valence-corrected chi connectivity index (χ2v) is 22.0. The van der Waals surface area contributed by atoms with Gasteiger partial charge < -0.3 is 14.2 Å². The van der Waals surface area contributed by atoms with Crippen LogP contribution in [-0.2, 0) is 28.6 Å². The van der Waals surface area contributed by atoms with Crippen molar-refractivity contribution in [3.05, 3.63) is 122 Å². The molecule has 0 aliphatic heterocycles. The zero-order chi connectivity index (χ0) is 57.8. The molecule has 0 aromatic heterocycles. The van der Waals surface area contributed by atoms with Crippen molar-refractivity contribution in [1.29, 1.82) is 0 Å². The fourth-order valence-corrected chi connectivity index (χ4v) is 9.29. The van der Waals surface area contributed by atoms with Gasteiger partial charge in [-0.2, -0.15) is 0 Å². The van der Waals surface area contributed by atoms with Gasteiger partial charge in [0.25, 0.3) is 0 Å². The van der Waals surface area contributed by atoms with Gasteiger partial charge in [0.1, 0.15) is 13.2 Å². The van der Waals surface area contributed by atoms with Gasteiger partial charge >= 0.3 is 17.9 Å². The third kappa shape index (κ3) is 64.6. The average Bonchev–Trinajstić information content (AvgIpc) is 3.46. The highest BCUT2D eigenvalue weighted by Gasteiger charge is 2.19. The minimum atomic E-state index is -0.817. The molecule has 1 unspecified atom stereocenters. The Balaban J connectivity index is 4.18. The molecule has 6 nitrogen and oxygen atoms in total. The zero-order valence-corrected chi connectivity index (χ0v) is 52.3. The largest absolute Gasteiger partial charge is 0.462 e. The lowest BCUT2D eigenvalue weighted by Gasteiger charge is -2.18. The molecule has 0 aromatic carbocycles. The summed E-state index contributed by atoms with van der Waals surface area (Å²) in [5.41, 5.74) is 0. The van der Waals surface area contributed by atoms with Crippen LogP contribution in [0.4, 0.5) is 0 Å². The molecule has 0 N–H and O–H groups in total. The molecule has 0 saturated heterocycles. The molecule has 6 heteroatoms. The van der Waals surface area contributed by atoms with E-state index in [1.165, 1.54) is 161 Å². The molecule has 0 spiro atoms. The summed E-state index contributed by atoms with van der Waals surface area (Å²) in [6.45, 7) is 6.36. The Kier molecular flexibility index (Phi) is 63.8. The van der Waals surface area contributed by atoms with Crippen molar-refractivity contribution in [2.24, 2.45) is 0 Å². The first-order valence-corrected chi connectivity index (χ1v) is 33.5. The van der Waals surface area contributed by atoms with E-state index in [-0.39, 0.29) is 37.5 Å². The summed E-state index contributed by atoms with van der Waals surface area (Å²) < 4.78 is 16.8. The molecule has 0 rings (SSSR count). The van der Waals surface area contributed by atoms with Crippen molar-refractivity contribution in [1.82, 2.24) is 0 Å². The molecule has 0 aliphatic carbocycles. The minimum Gasteiger partial charge on any atom is -0.462 e. The summed E-state index contributed by atoms with van der Waals surface area (Å²) in [6, 6.07) is 0. The van der Waals surface area contributed by atoms with Gasteiger partial charge in [-0.05, 0) is 96.3 Å². The highest BCUT2D eigenvalue weighted by atomic mass is 16.6. The van der Waals surface area contributed by atoms with Crippen LogP contribution in [0.1, 0.15) is 310 Å². The number of esters is 3. The summed E-state index contributed by atoms with van der Waals surface area (Å²) in [7, 11) is 0. The normalized spacial score (nSPS) is 12.9. The molecule has 0 aliphatic rings. The van der Waals surface area contributed by atoms with Gasteiger partial charge in [0.2, 0.25) is 0 Å². The molecule has 0 aromatic rings. The topological polar surface area (TPSA) is 78.9 Å². The Labute approximate surface area is 494 Å². The van der Waals surface area contributed by atoms with Crippen LogP contribution in [0.15, 0.2) is 122 Å². The fourth-order valence-electron chi connectivity index (χ4n) is 9.29. The van der Waals surface area contributed by atoms with Crippen molar-refractivity contribution in [3.8, 4) is 0 Å². The number of hydrogen-bond donors (Lipinski definition) is 0. The fraction of sp³-hybridized carbons (Fsp3) is 0.689. The van der Waals surface area contributed by atoms with E-state index in [1.807, 2.05) is 6.08 Å². The van der Waals surface area contributed by atoms with Gasteiger partial charge in [0, 0.05) is 19.3 Å². The second kappa shape index (κ2) is 67.3. The van der Waals surface area contributed by atoms with E-state index in [0.29, 0.717) is 19.3 Å². The standard InChI is InChI=1S/C74H124O6/c1-4-7-10-13-16-19-22-24-26-28-30-31-32-33-34-35-36-37-38-39-40-41-42-43-45-46-48-50-52-55-58-61-64-67-73(76)79-70-71(69-78-72(75)66-63-60-57-54-21-18-15-12-9-6-3)80-74(77)68-65-62-59-56-53-51-49-47-44-29-27-25-23-20-17-14-11-8-5-2/h7-8,10-11,16-17,19-20,24-27,30-31,44,47,51,53,59,62,71H,4-6,9,12-15,18,21-23,28-29,32-43,45-46,48-50,52,54-58,60-61,63-70H2,1-3H3/b10-7-,11-8-,19-16-,20-17-,26-24-,27-25-,31-30-,47-44-,53-51-,62-59-. The molecular weight excluding hydrogens is 985 g/mol. The summed E-state index contributed by atoms with van der Waals surface area (Å²) >= 11 is 0. The predicted octanol–water partition coefficient (Wildman–Crippen LogP) is 23.2. The highest BCUT2D eigenvalue weighted by Crippen LogP contribution is 2.17. The lowest BCUT2D eigenvalue weighted by molar-refractivity contribution is -0.166. The number of hydrogen-bond acceptors (Lipinski definition) is 6. The minimum absolute atomic E-state index is 0.106. The predicted molar refractivity (Wildman–Crippen MR) is 348 cm³/mol. The van der Waals surface area contributed by atoms with Crippen molar-refractivity contribution in [2.75, 3.05) is 13.2 Å². The maximum absolute atomic E-state index is 12.8.